The van der Waals surface area contributed by atoms with Crippen molar-refractivity contribution >= 4 is 12.0 Å². The fraction of sp³-hybridized carbons (Fsp3) is 0.300. The predicted molar refractivity (Wildman–Crippen MR) is 134 cm³/mol. The second-order valence-corrected chi connectivity index (χ2v) is 10.9. The topological polar surface area (TPSA) is 46.5 Å². The summed E-state index contributed by atoms with van der Waals surface area (Å²) >= 11 is 0. The maximum atomic E-state index is 13.4. The Morgan fingerprint density at radius 1 is 0.848 bits per heavy atom. The van der Waals surface area contributed by atoms with Crippen LogP contribution in [-0.2, 0) is 15.6 Å². The second-order valence-electron chi connectivity index (χ2n) is 10.9. The number of ether oxygens (including phenoxy) is 1. The number of benzene rings is 3. The monoisotopic (exact) mass is 440 g/mol. The first-order valence-corrected chi connectivity index (χ1v) is 11.4. The van der Waals surface area contributed by atoms with Gasteiger partial charge in [0, 0.05) is 17.0 Å². The summed E-state index contributed by atoms with van der Waals surface area (Å²) in [4.78, 5) is 13.4. The largest absolute Gasteiger partial charge is 0.508 e. The Morgan fingerprint density at radius 2 is 1.55 bits per heavy atom. The highest BCUT2D eigenvalue weighted by Crippen LogP contribution is 2.48. The minimum Gasteiger partial charge on any atom is -0.508 e. The molecule has 4 rings (SSSR count). The molecule has 0 saturated carbocycles. The van der Waals surface area contributed by atoms with Gasteiger partial charge in [-0.25, -0.2) is 4.79 Å². The molecular weight excluding hydrogens is 408 g/mol. The van der Waals surface area contributed by atoms with Crippen LogP contribution in [0.5, 0.6) is 11.5 Å². The predicted octanol–water partition coefficient (Wildman–Crippen LogP) is 7.12. The van der Waals surface area contributed by atoms with Gasteiger partial charge in [-0.1, -0.05) is 96.1 Å². The van der Waals surface area contributed by atoms with E-state index in [1.165, 1.54) is 5.56 Å². The third-order valence-corrected chi connectivity index (χ3v) is 6.17. The zero-order chi connectivity index (χ0) is 24.0. The summed E-state index contributed by atoms with van der Waals surface area (Å²) in [5, 5.41) is 9.96. The summed E-state index contributed by atoms with van der Waals surface area (Å²) in [6.07, 6.45) is 1.84. The third-order valence-electron chi connectivity index (χ3n) is 6.17. The fourth-order valence-electron chi connectivity index (χ4n) is 4.35. The van der Waals surface area contributed by atoms with Crippen molar-refractivity contribution in [3.8, 4) is 11.5 Å². The van der Waals surface area contributed by atoms with Crippen LogP contribution in [0.2, 0.25) is 0 Å². The van der Waals surface area contributed by atoms with Crippen molar-refractivity contribution in [2.75, 3.05) is 0 Å². The van der Waals surface area contributed by atoms with Gasteiger partial charge in [-0.3, -0.25) is 0 Å². The van der Waals surface area contributed by atoms with Crippen LogP contribution in [0.15, 0.2) is 72.3 Å². The normalized spacial score (nSPS) is 17.6. The van der Waals surface area contributed by atoms with Gasteiger partial charge in [0.1, 0.15) is 11.5 Å². The van der Waals surface area contributed by atoms with Crippen LogP contribution in [-0.4, -0.2) is 11.1 Å². The van der Waals surface area contributed by atoms with Gasteiger partial charge in [0.15, 0.2) is 0 Å². The van der Waals surface area contributed by atoms with E-state index >= 15 is 0 Å². The third kappa shape index (κ3) is 4.59. The van der Waals surface area contributed by atoms with E-state index in [4.69, 9.17) is 4.74 Å². The van der Waals surface area contributed by atoms with Gasteiger partial charge in [0.2, 0.25) is 0 Å². The second kappa shape index (κ2) is 8.22. The van der Waals surface area contributed by atoms with Crippen LogP contribution in [0.4, 0.5) is 0 Å². The molecule has 1 unspecified atom stereocenters. The molecule has 1 atom stereocenters. The molecule has 1 heterocycles. The Kier molecular flexibility index (Phi) is 5.69. The zero-order valence-corrected chi connectivity index (χ0v) is 20.3. The molecule has 0 fully saturated rings. The summed E-state index contributed by atoms with van der Waals surface area (Å²) < 4.78 is 6.05. The molecule has 170 valence electrons. The summed E-state index contributed by atoms with van der Waals surface area (Å²) in [5.74, 6) is 0.208. The summed E-state index contributed by atoms with van der Waals surface area (Å²) in [5.41, 5.74) is 5.35. The molecule has 1 aliphatic rings. The highest BCUT2D eigenvalue weighted by Gasteiger charge is 2.38. The number of phenols is 1. The fourth-order valence-corrected chi connectivity index (χ4v) is 4.35. The first-order valence-electron chi connectivity index (χ1n) is 11.4. The average molecular weight is 441 g/mol. The van der Waals surface area contributed by atoms with E-state index in [9.17, 15) is 9.90 Å². The van der Waals surface area contributed by atoms with Crippen molar-refractivity contribution < 1.29 is 14.6 Å². The van der Waals surface area contributed by atoms with Gasteiger partial charge in [0.25, 0.3) is 0 Å². The van der Waals surface area contributed by atoms with Crippen LogP contribution in [0.1, 0.15) is 75.3 Å². The lowest BCUT2D eigenvalue weighted by Crippen LogP contribution is -2.28. The number of carbonyl (C=O) groups excluding carboxylic acids is 1. The van der Waals surface area contributed by atoms with E-state index in [1.807, 2.05) is 30.3 Å². The highest BCUT2D eigenvalue weighted by molar-refractivity contribution is 6.00. The van der Waals surface area contributed by atoms with Crippen molar-refractivity contribution in [1.29, 1.82) is 0 Å². The zero-order valence-electron chi connectivity index (χ0n) is 20.3. The summed E-state index contributed by atoms with van der Waals surface area (Å²) in [6.45, 7) is 13.1. The number of hydrogen-bond acceptors (Lipinski definition) is 3. The number of hydrogen-bond donors (Lipinski definition) is 1. The Balaban J connectivity index is 2.04. The van der Waals surface area contributed by atoms with Gasteiger partial charge >= 0.3 is 5.97 Å². The van der Waals surface area contributed by atoms with Gasteiger partial charge < -0.3 is 9.84 Å². The van der Waals surface area contributed by atoms with E-state index < -0.39 is 0 Å². The molecule has 3 heteroatoms. The lowest BCUT2D eigenvalue weighted by Gasteiger charge is -2.34. The van der Waals surface area contributed by atoms with Crippen molar-refractivity contribution in [2.45, 2.75) is 58.3 Å². The smallest absolute Gasteiger partial charge is 0.340 e. The molecule has 0 aromatic heterocycles. The van der Waals surface area contributed by atoms with Crippen molar-refractivity contribution in [2.24, 2.45) is 0 Å². The van der Waals surface area contributed by atoms with Crippen LogP contribution < -0.4 is 4.74 Å². The number of rotatable bonds is 2. The molecule has 33 heavy (non-hydrogen) atoms. The van der Waals surface area contributed by atoms with Crippen molar-refractivity contribution in [3.05, 3.63) is 100 Å². The molecule has 3 aromatic carbocycles. The Morgan fingerprint density at radius 3 is 2.15 bits per heavy atom. The molecule has 0 aliphatic carbocycles. The lowest BCUT2D eigenvalue weighted by atomic mass is 9.74. The number of fused-ring (bicyclic) bond motifs is 1. The van der Waals surface area contributed by atoms with Crippen LogP contribution >= 0.6 is 0 Å². The molecule has 0 amide bonds. The molecule has 3 nitrogen and oxygen atoms in total. The van der Waals surface area contributed by atoms with Gasteiger partial charge in [-0.05, 0) is 45.7 Å². The summed E-state index contributed by atoms with van der Waals surface area (Å²) in [6, 6.07) is 21.4. The molecule has 0 radical (unpaired) electrons. The minimum absolute atomic E-state index is 0.0627. The first kappa shape index (κ1) is 22.8. The maximum absolute atomic E-state index is 13.4. The Hall–Kier alpha value is -3.33. The molecular formula is C30H32O3. The van der Waals surface area contributed by atoms with E-state index in [-0.39, 0.29) is 28.5 Å². The van der Waals surface area contributed by atoms with E-state index in [1.54, 1.807) is 18.2 Å². The van der Waals surface area contributed by atoms with Crippen molar-refractivity contribution in [1.82, 2.24) is 0 Å². The van der Waals surface area contributed by atoms with E-state index in [0.29, 0.717) is 11.3 Å². The van der Waals surface area contributed by atoms with Gasteiger partial charge in [-0.2, -0.15) is 0 Å². The first-order chi connectivity index (χ1) is 15.4. The quantitative estimate of drug-likeness (QED) is 0.262. The van der Waals surface area contributed by atoms with Crippen LogP contribution in [0, 0.1) is 0 Å². The van der Waals surface area contributed by atoms with Crippen LogP contribution in [0.3, 0.4) is 0 Å². The van der Waals surface area contributed by atoms with Crippen LogP contribution in [0.25, 0.3) is 6.08 Å². The standard InChI is InChI=1S/C30H32O3/c1-29(2,3)21-17-23-26(20-12-8-7-9-13-20)24(16-19-11-10-14-22(31)15-19)28(32)33-27(23)25(18-21)30(4,5)6/h7-18,26,31H,1-6H3/b24-16-. The lowest BCUT2D eigenvalue weighted by molar-refractivity contribution is -0.131. The number of phenolic OH excluding ortho intramolecular Hbond substituents is 1. The molecule has 1 N–H and O–H groups in total. The highest BCUT2D eigenvalue weighted by atomic mass is 16.5. The number of esters is 1. The van der Waals surface area contributed by atoms with Crippen molar-refractivity contribution in [3.63, 3.8) is 0 Å². The Labute approximate surface area is 196 Å². The van der Waals surface area contributed by atoms with Gasteiger partial charge in [-0.15, -0.1) is 0 Å². The molecule has 3 aromatic rings. The molecule has 0 bridgehead atoms. The summed E-state index contributed by atoms with van der Waals surface area (Å²) in [7, 11) is 0. The Bertz CT molecular complexity index is 1220. The van der Waals surface area contributed by atoms with E-state index in [2.05, 4.69) is 65.8 Å². The minimum atomic E-state index is -0.353. The maximum Gasteiger partial charge on any atom is 0.340 e. The molecule has 0 saturated heterocycles. The SMILES string of the molecule is CC(C)(C)c1cc2c(c(C(C)(C)C)c1)OC(=O)/C(=C\c1cccc(O)c1)C2c1ccccc1. The molecule has 0 spiro atoms. The number of aromatic hydroxyl groups is 1. The van der Waals surface area contributed by atoms with Gasteiger partial charge in [0.05, 0.1) is 5.57 Å². The average Bonchev–Trinajstić information content (AvgIpc) is 2.73. The number of carbonyl (C=O) groups is 1. The molecule has 1 aliphatic heterocycles. The van der Waals surface area contributed by atoms with E-state index in [0.717, 1.165) is 22.3 Å².